The first-order valence-electron chi connectivity index (χ1n) is 20.9. The zero-order valence-electron chi connectivity index (χ0n) is 33.6. The van der Waals surface area contributed by atoms with Crippen LogP contribution in [0.4, 0.5) is 17.1 Å². The highest BCUT2D eigenvalue weighted by molar-refractivity contribution is 5.91. The SMILES string of the molecule is CC1(C)c2ccccc2-c2ccc(N(c3ccc(-c4ccc5c(c4)C4(c6ccccc6Oc6ccccc64)c4ccccc4-5)cc3)c3cccc(-c4ccccc4)c3)cc21. The molecule has 0 radical (unpaired) electrons. The van der Waals surface area contributed by atoms with Gasteiger partial charge in [-0.2, -0.15) is 0 Å². The number of fused-ring (bicyclic) bond motifs is 12. The predicted octanol–water partition coefficient (Wildman–Crippen LogP) is 15.3. The van der Waals surface area contributed by atoms with Crippen molar-refractivity contribution in [1.29, 1.82) is 0 Å². The molecule has 0 atom stereocenters. The minimum absolute atomic E-state index is 0.112. The van der Waals surface area contributed by atoms with E-state index in [1.165, 1.54) is 77.9 Å². The van der Waals surface area contributed by atoms with E-state index in [2.05, 4.69) is 231 Å². The molecule has 60 heavy (non-hydrogen) atoms. The van der Waals surface area contributed by atoms with Crippen LogP contribution >= 0.6 is 0 Å². The van der Waals surface area contributed by atoms with Gasteiger partial charge in [0.1, 0.15) is 11.5 Å². The average molecular weight is 768 g/mol. The van der Waals surface area contributed by atoms with Gasteiger partial charge in [0.15, 0.2) is 0 Å². The number of rotatable bonds is 5. The van der Waals surface area contributed by atoms with Gasteiger partial charge in [0.2, 0.25) is 0 Å². The molecule has 9 aromatic carbocycles. The first-order chi connectivity index (χ1) is 29.5. The molecule has 1 aliphatic heterocycles. The molecule has 0 aromatic heterocycles. The first-order valence-corrected chi connectivity index (χ1v) is 20.9. The largest absolute Gasteiger partial charge is 0.457 e. The third-order valence-electron chi connectivity index (χ3n) is 13.3. The van der Waals surface area contributed by atoms with Crippen LogP contribution in [0.1, 0.15) is 47.2 Å². The second-order valence-corrected chi connectivity index (χ2v) is 16.8. The highest BCUT2D eigenvalue weighted by Gasteiger charge is 2.51. The number of hydrogen-bond donors (Lipinski definition) is 0. The van der Waals surface area contributed by atoms with E-state index >= 15 is 0 Å². The van der Waals surface area contributed by atoms with E-state index in [0.717, 1.165) is 28.6 Å². The monoisotopic (exact) mass is 767 g/mol. The van der Waals surface area contributed by atoms with Crippen molar-refractivity contribution in [3.8, 4) is 56.0 Å². The van der Waals surface area contributed by atoms with Crippen LogP contribution < -0.4 is 9.64 Å². The van der Waals surface area contributed by atoms with Crippen LogP contribution in [0, 0.1) is 0 Å². The Hall–Kier alpha value is -7.42. The molecule has 2 heteroatoms. The normalized spacial score (nSPS) is 14.2. The Bertz CT molecular complexity index is 3110. The lowest BCUT2D eigenvalue weighted by atomic mass is 9.66. The van der Waals surface area contributed by atoms with Crippen molar-refractivity contribution >= 4 is 17.1 Å². The van der Waals surface area contributed by atoms with Crippen molar-refractivity contribution < 1.29 is 4.74 Å². The standard InChI is InChI=1S/C58H41NO/c1-57(2)49-21-8-6-19-45(49)47-34-32-44(37-53(47)57)59(43-18-14-17-40(35-43)38-15-4-3-5-16-38)42-30-27-39(28-31-42)41-29-33-48-46-20-7-9-22-50(46)58(54(48)36-41)51-23-10-12-25-55(51)60-56-26-13-11-24-52(56)58/h3-37H,1-2H3. The summed E-state index contributed by atoms with van der Waals surface area (Å²) in [6, 6.07) is 77.8. The first kappa shape index (κ1) is 34.6. The van der Waals surface area contributed by atoms with Gasteiger partial charge in [-0.1, -0.05) is 172 Å². The Labute approximate surface area is 351 Å². The summed E-state index contributed by atoms with van der Waals surface area (Å²) in [5.74, 6) is 1.81. The maximum Gasteiger partial charge on any atom is 0.132 e. The van der Waals surface area contributed by atoms with Crippen molar-refractivity contribution in [2.45, 2.75) is 24.7 Å². The van der Waals surface area contributed by atoms with E-state index in [4.69, 9.17) is 4.74 Å². The number of hydrogen-bond acceptors (Lipinski definition) is 2. The van der Waals surface area contributed by atoms with Gasteiger partial charge in [0, 0.05) is 33.6 Å². The van der Waals surface area contributed by atoms with Crippen LogP contribution in [-0.4, -0.2) is 0 Å². The van der Waals surface area contributed by atoms with Crippen LogP contribution in [0.3, 0.4) is 0 Å². The van der Waals surface area contributed by atoms with Gasteiger partial charge in [-0.05, 0) is 121 Å². The molecule has 2 nitrogen and oxygen atoms in total. The summed E-state index contributed by atoms with van der Waals surface area (Å²) >= 11 is 0. The van der Waals surface area contributed by atoms with Crippen LogP contribution in [0.2, 0.25) is 0 Å². The predicted molar refractivity (Wildman–Crippen MR) is 247 cm³/mol. The second kappa shape index (κ2) is 13.0. The fourth-order valence-corrected chi connectivity index (χ4v) is 10.6. The lowest BCUT2D eigenvalue weighted by Gasteiger charge is -2.39. The third kappa shape index (κ3) is 4.94. The van der Waals surface area contributed by atoms with Gasteiger partial charge in [-0.25, -0.2) is 0 Å². The minimum atomic E-state index is -0.505. The second-order valence-electron chi connectivity index (χ2n) is 16.8. The number of ether oxygens (including phenoxy) is 1. The maximum atomic E-state index is 6.60. The smallest absolute Gasteiger partial charge is 0.132 e. The molecule has 3 aliphatic rings. The van der Waals surface area contributed by atoms with Crippen molar-refractivity contribution in [1.82, 2.24) is 0 Å². The van der Waals surface area contributed by atoms with E-state index in [1.54, 1.807) is 0 Å². The van der Waals surface area contributed by atoms with Crippen molar-refractivity contribution in [2.24, 2.45) is 0 Å². The molecule has 12 rings (SSSR count). The summed E-state index contributed by atoms with van der Waals surface area (Å²) in [5, 5.41) is 0. The Kier molecular flexibility index (Phi) is 7.52. The number of anilines is 3. The zero-order valence-corrected chi connectivity index (χ0v) is 33.6. The Morgan fingerprint density at radius 2 is 0.800 bits per heavy atom. The van der Waals surface area contributed by atoms with E-state index in [0.29, 0.717) is 0 Å². The van der Waals surface area contributed by atoms with Crippen LogP contribution in [0.5, 0.6) is 11.5 Å². The fraction of sp³-hybridized carbons (Fsp3) is 0.0690. The summed E-state index contributed by atoms with van der Waals surface area (Å²) in [6.45, 7) is 4.71. The van der Waals surface area contributed by atoms with E-state index in [9.17, 15) is 0 Å². The molecule has 284 valence electrons. The van der Waals surface area contributed by atoms with Gasteiger partial charge in [0.05, 0.1) is 5.41 Å². The number of para-hydroxylation sites is 2. The lowest BCUT2D eigenvalue weighted by Crippen LogP contribution is -2.32. The molecule has 0 fully saturated rings. The quantitative estimate of drug-likeness (QED) is 0.173. The highest BCUT2D eigenvalue weighted by Crippen LogP contribution is 2.62. The Morgan fingerprint density at radius 1 is 0.317 bits per heavy atom. The summed E-state index contributed by atoms with van der Waals surface area (Å²) in [5.41, 5.74) is 20.4. The Morgan fingerprint density at radius 3 is 1.53 bits per heavy atom. The third-order valence-corrected chi connectivity index (χ3v) is 13.3. The van der Waals surface area contributed by atoms with Gasteiger partial charge in [0.25, 0.3) is 0 Å². The molecule has 1 spiro atoms. The average Bonchev–Trinajstić information content (AvgIpc) is 3.72. The summed E-state index contributed by atoms with van der Waals surface area (Å²) in [7, 11) is 0. The molecule has 9 aromatic rings. The van der Waals surface area contributed by atoms with Crippen molar-refractivity contribution in [3.63, 3.8) is 0 Å². The summed E-state index contributed by atoms with van der Waals surface area (Å²) < 4.78 is 6.60. The lowest BCUT2D eigenvalue weighted by molar-refractivity contribution is 0.436. The zero-order chi connectivity index (χ0) is 40.0. The molecule has 0 N–H and O–H groups in total. The molecular formula is C58H41NO. The maximum absolute atomic E-state index is 6.60. The molecule has 2 aliphatic carbocycles. The topological polar surface area (TPSA) is 12.5 Å². The number of nitrogens with zero attached hydrogens (tertiary/aromatic N) is 1. The van der Waals surface area contributed by atoms with Crippen molar-refractivity contribution in [2.75, 3.05) is 4.90 Å². The van der Waals surface area contributed by atoms with Gasteiger partial charge < -0.3 is 9.64 Å². The molecule has 0 amide bonds. The summed E-state index contributed by atoms with van der Waals surface area (Å²) in [4.78, 5) is 2.42. The highest BCUT2D eigenvalue weighted by atomic mass is 16.5. The van der Waals surface area contributed by atoms with E-state index in [1.807, 2.05) is 0 Å². The van der Waals surface area contributed by atoms with E-state index < -0.39 is 5.41 Å². The Balaban J connectivity index is 1.000. The molecule has 0 unspecified atom stereocenters. The summed E-state index contributed by atoms with van der Waals surface area (Å²) in [6.07, 6.45) is 0. The van der Waals surface area contributed by atoms with Gasteiger partial charge in [-0.15, -0.1) is 0 Å². The molecule has 0 bridgehead atoms. The molecule has 0 saturated carbocycles. The molecule has 1 heterocycles. The van der Waals surface area contributed by atoms with Gasteiger partial charge in [-0.3, -0.25) is 0 Å². The minimum Gasteiger partial charge on any atom is -0.457 e. The van der Waals surface area contributed by atoms with Crippen LogP contribution in [-0.2, 0) is 10.8 Å². The molecule has 0 saturated heterocycles. The number of benzene rings is 9. The van der Waals surface area contributed by atoms with Crippen LogP contribution in [0.25, 0.3) is 44.5 Å². The molecular weight excluding hydrogens is 727 g/mol. The fourth-order valence-electron chi connectivity index (χ4n) is 10.6. The van der Waals surface area contributed by atoms with E-state index in [-0.39, 0.29) is 5.41 Å². The van der Waals surface area contributed by atoms with Gasteiger partial charge >= 0.3 is 0 Å². The van der Waals surface area contributed by atoms with Crippen LogP contribution in [0.15, 0.2) is 212 Å². The van der Waals surface area contributed by atoms with Crippen molar-refractivity contribution in [3.05, 3.63) is 246 Å².